The largest absolute Gasteiger partial charge is 0.354 e. The lowest BCUT2D eigenvalue weighted by atomic mass is 9.79. The van der Waals surface area contributed by atoms with Crippen LogP contribution in [0.3, 0.4) is 0 Å². The summed E-state index contributed by atoms with van der Waals surface area (Å²) in [6.45, 7) is 5.59. The summed E-state index contributed by atoms with van der Waals surface area (Å²) in [6, 6.07) is 0. The van der Waals surface area contributed by atoms with Crippen molar-refractivity contribution >= 4 is 18.3 Å². The first-order valence-electron chi connectivity index (χ1n) is 10.0. The monoisotopic (exact) mass is 357 g/mol. The third-order valence-corrected chi connectivity index (χ3v) is 6.37. The molecule has 3 fully saturated rings. The number of amides is 1. The van der Waals surface area contributed by atoms with Gasteiger partial charge in [0.2, 0.25) is 5.91 Å². The minimum absolute atomic E-state index is 0. The molecule has 1 aliphatic carbocycles. The minimum Gasteiger partial charge on any atom is -0.354 e. The maximum absolute atomic E-state index is 12.3. The van der Waals surface area contributed by atoms with Crippen LogP contribution >= 0.6 is 12.4 Å². The number of hydrogen-bond acceptors (Lipinski definition) is 3. The summed E-state index contributed by atoms with van der Waals surface area (Å²) in [5, 5.41) is 6.70. The Bertz CT molecular complexity index is 373. The van der Waals surface area contributed by atoms with Gasteiger partial charge in [0.15, 0.2) is 0 Å². The van der Waals surface area contributed by atoms with Crippen molar-refractivity contribution in [1.82, 2.24) is 15.5 Å². The second-order valence-corrected chi connectivity index (χ2v) is 8.01. The zero-order valence-electron chi connectivity index (χ0n) is 15.2. The molecule has 2 aliphatic heterocycles. The minimum atomic E-state index is 0. The molecule has 0 bridgehead atoms. The van der Waals surface area contributed by atoms with Gasteiger partial charge in [-0.3, -0.25) is 9.69 Å². The lowest BCUT2D eigenvalue weighted by Crippen LogP contribution is -2.58. The molecule has 5 heteroatoms. The molecule has 0 aromatic rings. The van der Waals surface area contributed by atoms with E-state index < -0.39 is 0 Å². The zero-order valence-corrected chi connectivity index (χ0v) is 16.0. The highest BCUT2D eigenvalue weighted by atomic mass is 35.5. The van der Waals surface area contributed by atoms with Crippen LogP contribution in [0.4, 0.5) is 0 Å². The molecule has 0 aromatic carbocycles. The molecule has 24 heavy (non-hydrogen) atoms. The lowest BCUT2D eigenvalue weighted by Gasteiger charge is -2.48. The molecule has 1 amide bonds. The number of rotatable bonds is 6. The molecule has 1 atom stereocenters. The Balaban J connectivity index is 0.00000208. The fraction of sp³-hybridized carbons (Fsp3) is 0.947. The van der Waals surface area contributed by atoms with Crippen molar-refractivity contribution in [1.29, 1.82) is 0 Å². The van der Waals surface area contributed by atoms with Crippen molar-refractivity contribution in [2.45, 2.75) is 76.2 Å². The maximum Gasteiger partial charge on any atom is 0.220 e. The van der Waals surface area contributed by atoms with E-state index in [0.29, 0.717) is 12.3 Å². The number of carbonyl (C=O) groups is 1. The van der Waals surface area contributed by atoms with Crippen LogP contribution in [0.15, 0.2) is 0 Å². The molecular weight excluding hydrogens is 322 g/mol. The van der Waals surface area contributed by atoms with E-state index in [2.05, 4.69) is 15.5 Å². The summed E-state index contributed by atoms with van der Waals surface area (Å²) in [5.41, 5.74) is 0.267. The van der Waals surface area contributed by atoms with Crippen molar-refractivity contribution < 1.29 is 4.79 Å². The summed E-state index contributed by atoms with van der Waals surface area (Å²) in [5.74, 6) is 0.991. The van der Waals surface area contributed by atoms with Crippen molar-refractivity contribution in [3.8, 4) is 0 Å². The molecule has 4 nitrogen and oxygen atoms in total. The molecule has 2 heterocycles. The van der Waals surface area contributed by atoms with Gasteiger partial charge < -0.3 is 10.6 Å². The van der Waals surface area contributed by atoms with Gasteiger partial charge in [0.25, 0.3) is 0 Å². The Morgan fingerprint density at radius 2 is 1.79 bits per heavy atom. The number of piperidine rings is 1. The fourth-order valence-corrected chi connectivity index (χ4v) is 4.83. The van der Waals surface area contributed by atoms with E-state index in [9.17, 15) is 4.79 Å². The van der Waals surface area contributed by atoms with Gasteiger partial charge >= 0.3 is 0 Å². The standard InChI is InChI=1S/C19H35N3O.ClH/c23-18(8-7-17-9-12-20-15-17)21-16-19(10-3-1-4-11-19)22-13-5-2-6-14-22;/h17,20H,1-16H2,(H,21,23);1H. The number of carbonyl (C=O) groups excluding carboxylic acids is 1. The van der Waals surface area contributed by atoms with E-state index in [1.54, 1.807) is 0 Å². The van der Waals surface area contributed by atoms with Crippen LogP contribution in [0.1, 0.15) is 70.6 Å². The normalized spacial score (nSPS) is 27.4. The maximum atomic E-state index is 12.3. The fourth-order valence-electron chi connectivity index (χ4n) is 4.83. The first-order chi connectivity index (χ1) is 11.3. The van der Waals surface area contributed by atoms with Crippen LogP contribution in [-0.2, 0) is 4.79 Å². The average Bonchev–Trinajstić information content (AvgIpc) is 3.13. The molecule has 2 saturated heterocycles. The Hall–Kier alpha value is -0.320. The van der Waals surface area contributed by atoms with Crippen molar-refractivity contribution in [3.05, 3.63) is 0 Å². The third kappa shape index (κ3) is 5.34. The number of nitrogens with one attached hydrogen (secondary N) is 2. The molecule has 2 N–H and O–H groups in total. The summed E-state index contributed by atoms with van der Waals surface area (Å²) in [6.07, 6.45) is 13.7. The molecule has 1 saturated carbocycles. The van der Waals surface area contributed by atoms with E-state index in [1.807, 2.05) is 0 Å². The van der Waals surface area contributed by atoms with Gasteiger partial charge in [-0.25, -0.2) is 0 Å². The molecule has 0 aromatic heterocycles. The number of nitrogens with zero attached hydrogens (tertiary/aromatic N) is 1. The Morgan fingerprint density at radius 3 is 2.46 bits per heavy atom. The quantitative estimate of drug-likeness (QED) is 0.767. The van der Waals surface area contributed by atoms with E-state index in [1.165, 1.54) is 70.9 Å². The summed E-state index contributed by atoms with van der Waals surface area (Å²) < 4.78 is 0. The highest BCUT2D eigenvalue weighted by Gasteiger charge is 2.38. The van der Waals surface area contributed by atoms with Crippen LogP contribution in [0.2, 0.25) is 0 Å². The van der Waals surface area contributed by atoms with Crippen molar-refractivity contribution in [2.24, 2.45) is 5.92 Å². The molecule has 0 radical (unpaired) electrons. The third-order valence-electron chi connectivity index (χ3n) is 6.37. The topological polar surface area (TPSA) is 44.4 Å². The molecule has 3 aliphatic rings. The highest BCUT2D eigenvalue weighted by molar-refractivity contribution is 5.85. The van der Waals surface area contributed by atoms with Crippen LogP contribution < -0.4 is 10.6 Å². The van der Waals surface area contributed by atoms with E-state index in [0.717, 1.165) is 26.1 Å². The first-order valence-corrected chi connectivity index (χ1v) is 10.0. The van der Waals surface area contributed by atoms with E-state index in [4.69, 9.17) is 0 Å². The van der Waals surface area contributed by atoms with Crippen LogP contribution in [0, 0.1) is 5.92 Å². The van der Waals surface area contributed by atoms with Gasteiger partial charge in [0.1, 0.15) is 0 Å². The summed E-state index contributed by atoms with van der Waals surface area (Å²) in [4.78, 5) is 15.0. The Morgan fingerprint density at radius 1 is 1.08 bits per heavy atom. The molecular formula is C19H36ClN3O. The molecule has 0 spiro atoms. The van der Waals surface area contributed by atoms with Gasteiger partial charge in [-0.05, 0) is 70.6 Å². The Labute approximate surface area is 153 Å². The van der Waals surface area contributed by atoms with Crippen LogP contribution in [-0.4, -0.2) is 49.1 Å². The predicted octanol–water partition coefficient (Wildman–Crippen LogP) is 3.10. The second-order valence-electron chi connectivity index (χ2n) is 8.01. The lowest BCUT2D eigenvalue weighted by molar-refractivity contribution is -0.122. The van der Waals surface area contributed by atoms with Gasteiger partial charge in [-0.2, -0.15) is 0 Å². The van der Waals surface area contributed by atoms with E-state index >= 15 is 0 Å². The van der Waals surface area contributed by atoms with Gasteiger partial charge in [-0.1, -0.05) is 25.7 Å². The van der Waals surface area contributed by atoms with E-state index in [-0.39, 0.29) is 23.9 Å². The van der Waals surface area contributed by atoms with Gasteiger partial charge in [0, 0.05) is 18.5 Å². The second kappa shape index (κ2) is 9.98. The number of likely N-dealkylation sites (tertiary alicyclic amines) is 1. The van der Waals surface area contributed by atoms with Gasteiger partial charge in [-0.15, -0.1) is 12.4 Å². The summed E-state index contributed by atoms with van der Waals surface area (Å²) in [7, 11) is 0. The number of hydrogen-bond donors (Lipinski definition) is 2. The smallest absolute Gasteiger partial charge is 0.220 e. The molecule has 1 unspecified atom stereocenters. The first kappa shape index (κ1) is 20.0. The molecule has 140 valence electrons. The zero-order chi connectivity index (χ0) is 16.0. The number of halogens is 1. The SMILES string of the molecule is Cl.O=C(CCC1CCNC1)NCC1(N2CCCCC2)CCCCC1. The highest BCUT2D eigenvalue weighted by Crippen LogP contribution is 2.35. The summed E-state index contributed by atoms with van der Waals surface area (Å²) >= 11 is 0. The Kier molecular flexibility index (Phi) is 8.32. The van der Waals surface area contributed by atoms with Crippen LogP contribution in [0.5, 0.6) is 0 Å². The van der Waals surface area contributed by atoms with Crippen molar-refractivity contribution in [2.75, 3.05) is 32.7 Å². The average molecular weight is 358 g/mol. The molecule has 3 rings (SSSR count). The van der Waals surface area contributed by atoms with Crippen LogP contribution in [0.25, 0.3) is 0 Å². The predicted molar refractivity (Wildman–Crippen MR) is 102 cm³/mol. The van der Waals surface area contributed by atoms with Crippen molar-refractivity contribution in [3.63, 3.8) is 0 Å². The van der Waals surface area contributed by atoms with Gasteiger partial charge in [0.05, 0.1) is 0 Å².